The highest BCUT2D eigenvalue weighted by Gasteiger charge is 2.38. The summed E-state index contributed by atoms with van der Waals surface area (Å²) in [6.07, 6.45) is 2.26. The molecule has 1 aromatic carbocycles. The largest absolute Gasteiger partial charge is 0.356 e. The van der Waals surface area contributed by atoms with Crippen LogP contribution in [0.4, 0.5) is 4.79 Å². The smallest absolute Gasteiger partial charge is 0.325 e. The molecule has 9 heteroatoms. The molecule has 4 amide bonds. The Morgan fingerprint density at radius 2 is 1.86 bits per heavy atom. The Hall–Kier alpha value is -3.75. The van der Waals surface area contributed by atoms with Crippen LogP contribution >= 0.6 is 0 Å². The molecule has 0 bridgehead atoms. The zero-order chi connectivity index (χ0) is 20.2. The molecule has 9 nitrogen and oxygen atoms in total. The van der Waals surface area contributed by atoms with Gasteiger partial charge in [0.05, 0.1) is 13.0 Å². The molecule has 1 saturated heterocycles. The summed E-state index contributed by atoms with van der Waals surface area (Å²) >= 11 is 0. The minimum atomic E-state index is -0.847. The molecule has 0 unspecified atom stereocenters. The van der Waals surface area contributed by atoms with E-state index in [9.17, 15) is 14.4 Å². The number of fused-ring (bicyclic) bond motifs is 1. The Labute approximate surface area is 166 Å². The second kappa shape index (κ2) is 8.09. The summed E-state index contributed by atoms with van der Waals surface area (Å²) in [5, 5.41) is 13.5. The fourth-order valence-corrected chi connectivity index (χ4v) is 3.26. The van der Waals surface area contributed by atoms with Crippen molar-refractivity contribution in [2.45, 2.75) is 25.4 Å². The molecule has 148 valence electrons. The number of carbonyl (C=O) groups is 3. The van der Waals surface area contributed by atoms with Gasteiger partial charge in [-0.1, -0.05) is 36.4 Å². The van der Waals surface area contributed by atoms with E-state index in [1.807, 2.05) is 59.1 Å². The molecule has 0 spiro atoms. The van der Waals surface area contributed by atoms with E-state index in [1.165, 1.54) is 0 Å². The normalized spacial score (nSPS) is 16.3. The predicted octanol–water partition coefficient (Wildman–Crippen LogP) is 0.899. The van der Waals surface area contributed by atoms with E-state index in [2.05, 4.69) is 20.8 Å². The van der Waals surface area contributed by atoms with Crippen molar-refractivity contribution in [1.82, 2.24) is 30.1 Å². The first kappa shape index (κ1) is 18.6. The lowest BCUT2D eigenvalue weighted by Crippen LogP contribution is -2.37. The summed E-state index contributed by atoms with van der Waals surface area (Å²) in [5.41, 5.74) is 1.59. The van der Waals surface area contributed by atoms with Crippen molar-refractivity contribution in [2.24, 2.45) is 0 Å². The number of rotatable bonds is 7. The van der Waals surface area contributed by atoms with Crippen molar-refractivity contribution in [3.63, 3.8) is 0 Å². The summed E-state index contributed by atoms with van der Waals surface area (Å²) in [4.78, 5) is 38.0. The Kier molecular flexibility index (Phi) is 5.19. The van der Waals surface area contributed by atoms with Crippen LogP contribution in [0.25, 0.3) is 5.65 Å². The van der Waals surface area contributed by atoms with Gasteiger partial charge in [0.15, 0.2) is 5.65 Å². The SMILES string of the molecule is O=C(C[C@H]1NC(=O)N(Cc2ccccc2)C1=O)NCCc1nnc2ccccn12. The molecule has 3 heterocycles. The van der Waals surface area contributed by atoms with Crippen molar-refractivity contribution in [3.05, 3.63) is 66.1 Å². The average molecular weight is 392 g/mol. The summed E-state index contributed by atoms with van der Waals surface area (Å²) < 4.78 is 1.86. The number of hydrogen-bond acceptors (Lipinski definition) is 5. The Morgan fingerprint density at radius 1 is 1.07 bits per heavy atom. The van der Waals surface area contributed by atoms with E-state index >= 15 is 0 Å². The predicted molar refractivity (Wildman–Crippen MR) is 104 cm³/mol. The van der Waals surface area contributed by atoms with Gasteiger partial charge in [0.25, 0.3) is 5.91 Å². The number of imide groups is 1. The molecule has 1 aliphatic rings. The molecule has 0 saturated carbocycles. The van der Waals surface area contributed by atoms with Gasteiger partial charge in [-0.3, -0.25) is 18.9 Å². The summed E-state index contributed by atoms with van der Waals surface area (Å²) in [7, 11) is 0. The maximum atomic E-state index is 12.5. The lowest BCUT2D eigenvalue weighted by molar-refractivity contribution is -0.131. The van der Waals surface area contributed by atoms with Crippen LogP contribution in [-0.4, -0.2) is 49.9 Å². The lowest BCUT2D eigenvalue weighted by atomic mass is 10.1. The van der Waals surface area contributed by atoms with E-state index in [0.717, 1.165) is 21.9 Å². The van der Waals surface area contributed by atoms with Gasteiger partial charge in [-0.2, -0.15) is 0 Å². The maximum Gasteiger partial charge on any atom is 0.325 e. The van der Waals surface area contributed by atoms with E-state index in [4.69, 9.17) is 0 Å². The molecule has 4 rings (SSSR count). The zero-order valence-corrected chi connectivity index (χ0v) is 15.6. The van der Waals surface area contributed by atoms with Crippen LogP contribution < -0.4 is 10.6 Å². The highest BCUT2D eigenvalue weighted by atomic mass is 16.2. The van der Waals surface area contributed by atoms with Gasteiger partial charge in [-0.05, 0) is 17.7 Å². The number of nitrogens with zero attached hydrogens (tertiary/aromatic N) is 4. The van der Waals surface area contributed by atoms with Crippen LogP contribution in [0.5, 0.6) is 0 Å². The number of nitrogens with one attached hydrogen (secondary N) is 2. The van der Waals surface area contributed by atoms with E-state index in [-0.39, 0.29) is 18.9 Å². The fourth-order valence-electron chi connectivity index (χ4n) is 3.26. The standard InChI is InChI=1S/C20H20N6O3/c27-18(21-10-9-17-24-23-16-8-4-5-11-25(16)17)12-15-19(28)26(20(29)22-15)13-14-6-2-1-3-7-14/h1-8,11,15H,9-10,12-13H2,(H,21,27)(H,22,29)/t15-/m1/s1. The molecule has 3 aromatic rings. The van der Waals surface area contributed by atoms with Crippen LogP contribution in [-0.2, 0) is 22.6 Å². The number of amides is 4. The molecular formula is C20H20N6O3. The van der Waals surface area contributed by atoms with Crippen molar-refractivity contribution >= 4 is 23.5 Å². The Morgan fingerprint density at radius 3 is 2.69 bits per heavy atom. The fraction of sp³-hybridized carbons (Fsp3) is 0.250. The molecule has 2 aromatic heterocycles. The maximum absolute atomic E-state index is 12.5. The van der Waals surface area contributed by atoms with Crippen LogP contribution in [0.3, 0.4) is 0 Å². The van der Waals surface area contributed by atoms with Gasteiger partial charge < -0.3 is 10.6 Å². The Balaban J connectivity index is 1.28. The number of urea groups is 1. The van der Waals surface area contributed by atoms with Gasteiger partial charge in [0.1, 0.15) is 11.9 Å². The molecule has 0 aliphatic carbocycles. The van der Waals surface area contributed by atoms with Gasteiger partial charge in [0, 0.05) is 19.2 Å². The second-order valence-electron chi connectivity index (χ2n) is 6.76. The third-order valence-electron chi connectivity index (χ3n) is 4.74. The molecule has 2 N–H and O–H groups in total. The van der Waals surface area contributed by atoms with Crippen LogP contribution in [0.1, 0.15) is 17.8 Å². The molecule has 0 radical (unpaired) electrons. The van der Waals surface area contributed by atoms with Gasteiger partial charge in [-0.15, -0.1) is 10.2 Å². The highest BCUT2D eigenvalue weighted by molar-refractivity contribution is 6.05. The lowest BCUT2D eigenvalue weighted by Gasteiger charge is -2.13. The third-order valence-corrected chi connectivity index (χ3v) is 4.74. The number of carbonyl (C=O) groups excluding carboxylic acids is 3. The minimum absolute atomic E-state index is 0.101. The highest BCUT2D eigenvalue weighted by Crippen LogP contribution is 2.14. The number of hydrogen-bond donors (Lipinski definition) is 2. The molecular weight excluding hydrogens is 372 g/mol. The third kappa shape index (κ3) is 4.08. The molecule has 29 heavy (non-hydrogen) atoms. The van der Waals surface area contributed by atoms with Crippen LogP contribution in [0.15, 0.2) is 54.7 Å². The molecule has 1 aliphatic heterocycles. The van der Waals surface area contributed by atoms with Crippen LogP contribution in [0.2, 0.25) is 0 Å². The van der Waals surface area contributed by atoms with Gasteiger partial charge in [0.2, 0.25) is 5.91 Å². The van der Waals surface area contributed by atoms with E-state index in [0.29, 0.717) is 13.0 Å². The van der Waals surface area contributed by atoms with Crippen molar-refractivity contribution in [2.75, 3.05) is 6.54 Å². The van der Waals surface area contributed by atoms with Crippen molar-refractivity contribution in [3.8, 4) is 0 Å². The molecule has 1 atom stereocenters. The Bertz CT molecular complexity index is 1050. The second-order valence-corrected chi connectivity index (χ2v) is 6.76. The van der Waals surface area contributed by atoms with E-state index in [1.54, 1.807) is 0 Å². The zero-order valence-electron chi connectivity index (χ0n) is 15.6. The van der Waals surface area contributed by atoms with Crippen molar-refractivity contribution < 1.29 is 14.4 Å². The summed E-state index contributed by atoms with van der Waals surface area (Å²) in [6.45, 7) is 0.542. The van der Waals surface area contributed by atoms with Gasteiger partial charge >= 0.3 is 6.03 Å². The number of benzene rings is 1. The van der Waals surface area contributed by atoms with Crippen molar-refractivity contribution in [1.29, 1.82) is 0 Å². The monoisotopic (exact) mass is 392 g/mol. The summed E-state index contributed by atoms with van der Waals surface area (Å²) in [5.74, 6) is 0.0386. The number of pyridine rings is 1. The molecule has 1 fully saturated rings. The first-order valence-corrected chi connectivity index (χ1v) is 9.33. The minimum Gasteiger partial charge on any atom is -0.356 e. The first-order chi connectivity index (χ1) is 14.1. The van der Waals surface area contributed by atoms with Crippen LogP contribution in [0, 0.1) is 0 Å². The first-order valence-electron chi connectivity index (χ1n) is 9.33. The van der Waals surface area contributed by atoms with Gasteiger partial charge in [-0.25, -0.2) is 4.79 Å². The average Bonchev–Trinajstić information content (AvgIpc) is 3.25. The summed E-state index contributed by atoms with van der Waals surface area (Å²) in [6, 6.07) is 13.5. The quantitative estimate of drug-likeness (QED) is 0.581. The van der Waals surface area contributed by atoms with E-state index < -0.39 is 18.0 Å². The number of aromatic nitrogens is 3. The topological polar surface area (TPSA) is 109 Å².